The molecule has 0 saturated heterocycles. The molecule has 3 heterocycles. The van der Waals surface area contributed by atoms with Crippen LogP contribution in [0.4, 0.5) is 0 Å². The summed E-state index contributed by atoms with van der Waals surface area (Å²) in [6.45, 7) is 0.671. The van der Waals surface area contributed by atoms with E-state index in [0.717, 1.165) is 27.4 Å². The molecule has 0 aliphatic rings. The third kappa shape index (κ3) is 2.68. The van der Waals surface area contributed by atoms with Crippen molar-refractivity contribution >= 4 is 39.0 Å². The van der Waals surface area contributed by atoms with Gasteiger partial charge in [-0.15, -0.1) is 11.3 Å². The zero-order valence-electron chi connectivity index (χ0n) is 15.0. The maximum Gasteiger partial charge on any atom is 0.249 e. The fraction of sp³-hybridized carbons (Fsp3) is 0.0435. The van der Waals surface area contributed by atoms with Gasteiger partial charge in [0.2, 0.25) is 5.91 Å². The van der Waals surface area contributed by atoms with Crippen LogP contribution in [0.15, 0.2) is 78.4 Å². The number of primary amides is 1. The number of hydrogen-bond donors (Lipinski definition) is 1. The lowest BCUT2D eigenvalue weighted by Gasteiger charge is -2.08. The summed E-state index contributed by atoms with van der Waals surface area (Å²) in [5.41, 5.74) is 10.6. The molecule has 136 valence electrons. The van der Waals surface area contributed by atoms with Gasteiger partial charge in [0.15, 0.2) is 0 Å². The first-order valence-electron chi connectivity index (χ1n) is 9.00. The third-order valence-corrected chi connectivity index (χ3v) is 5.94. The van der Waals surface area contributed by atoms with Gasteiger partial charge in [-0.1, -0.05) is 30.3 Å². The van der Waals surface area contributed by atoms with E-state index in [0.29, 0.717) is 12.1 Å². The zero-order valence-corrected chi connectivity index (χ0v) is 15.8. The number of benzene rings is 2. The van der Waals surface area contributed by atoms with Crippen molar-refractivity contribution in [3.63, 3.8) is 0 Å². The Bertz CT molecular complexity index is 1300. The summed E-state index contributed by atoms with van der Waals surface area (Å²) in [5, 5.41) is 4.02. The maximum absolute atomic E-state index is 12.1. The van der Waals surface area contributed by atoms with Gasteiger partial charge in [0, 0.05) is 40.2 Å². The largest absolute Gasteiger partial charge is 0.366 e. The number of carbonyl (C=O) groups excluding carboxylic acids is 1. The summed E-state index contributed by atoms with van der Waals surface area (Å²) < 4.78 is 2.24. The Kier molecular flexibility index (Phi) is 3.95. The Morgan fingerprint density at radius 2 is 1.96 bits per heavy atom. The van der Waals surface area contributed by atoms with Crippen LogP contribution in [-0.2, 0) is 6.54 Å². The standard InChI is InChI=1S/C23H17N3OS/c24-23(27)18-5-1-6-19-22(18)17-9-8-16(21-7-3-11-28-21)12-20(17)26(19)14-15-4-2-10-25-13-15/h1-13H,14H2,(H2,24,27). The van der Waals surface area contributed by atoms with Crippen LogP contribution in [0.25, 0.3) is 32.2 Å². The molecule has 0 saturated carbocycles. The van der Waals surface area contributed by atoms with Gasteiger partial charge in [-0.3, -0.25) is 9.78 Å². The molecule has 5 heteroatoms. The Labute approximate surface area is 165 Å². The van der Waals surface area contributed by atoms with E-state index in [1.54, 1.807) is 23.6 Å². The van der Waals surface area contributed by atoms with E-state index in [1.165, 1.54) is 10.4 Å². The van der Waals surface area contributed by atoms with Crippen LogP contribution < -0.4 is 5.73 Å². The molecule has 2 N–H and O–H groups in total. The summed E-state index contributed by atoms with van der Waals surface area (Å²) in [6.07, 6.45) is 3.65. The lowest BCUT2D eigenvalue weighted by atomic mass is 10.0. The predicted octanol–water partition coefficient (Wildman–Crippen LogP) is 5.07. The summed E-state index contributed by atoms with van der Waals surface area (Å²) in [7, 11) is 0. The first-order chi connectivity index (χ1) is 13.7. The molecule has 0 aliphatic carbocycles. The Morgan fingerprint density at radius 1 is 1.04 bits per heavy atom. The van der Waals surface area contributed by atoms with Crippen LogP contribution in [-0.4, -0.2) is 15.5 Å². The smallest absolute Gasteiger partial charge is 0.249 e. The zero-order chi connectivity index (χ0) is 19.1. The van der Waals surface area contributed by atoms with Crippen LogP contribution in [0.5, 0.6) is 0 Å². The van der Waals surface area contributed by atoms with E-state index in [-0.39, 0.29) is 0 Å². The minimum absolute atomic E-state index is 0.409. The number of hydrogen-bond acceptors (Lipinski definition) is 3. The SMILES string of the molecule is NC(=O)c1cccc2c1c1ccc(-c3cccs3)cc1n2Cc1cccnc1. The Balaban J connectivity index is 1.83. The van der Waals surface area contributed by atoms with Gasteiger partial charge in [0.25, 0.3) is 0 Å². The van der Waals surface area contributed by atoms with Gasteiger partial charge < -0.3 is 10.3 Å². The van der Waals surface area contributed by atoms with Gasteiger partial charge in [-0.2, -0.15) is 0 Å². The number of aromatic nitrogens is 2. The average molecular weight is 383 g/mol. The number of carbonyl (C=O) groups is 1. The average Bonchev–Trinajstić information content (AvgIpc) is 3.36. The number of amides is 1. The maximum atomic E-state index is 12.1. The number of nitrogens with two attached hydrogens (primary N) is 1. The van der Waals surface area contributed by atoms with Crippen molar-refractivity contribution in [2.24, 2.45) is 5.73 Å². The van der Waals surface area contributed by atoms with Crippen molar-refractivity contribution in [1.82, 2.24) is 9.55 Å². The predicted molar refractivity (Wildman–Crippen MR) is 115 cm³/mol. The van der Waals surface area contributed by atoms with E-state index < -0.39 is 5.91 Å². The summed E-state index contributed by atoms with van der Waals surface area (Å²) in [5.74, 6) is -0.409. The van der Waals surface area contributed by atoms with Crippen LogP contribution >= 0.6 is 11.3 Å². The molecule has 4 nitrogen and oxygen atoms in total. The van der Waals surface area contributed by atoms with Crippen molar-refractivity contribution in [3.8, 4) is 10.4 Å². The van der Waals surface area contributed by atoms with Gasteiger partial charge in [-0.05, 0) is 46.8 Å². The second-order valence-corrected chi connectivity index (χ2v) is 7.67. The minimum Gasteiger partial charge on any atom is -0.366 e. The molecular formula is C23H17N3OS. The molecule has 5 rings (SSSR count). The summed E-state index contributed by atoms with van der Waals surface area (Å²) in [4.78, 5) is 17.5. The fourth-order valence-electron chi connectivity index (χ4n) is 3.79. The van der Waals surface area contributed by atoms with Crippen LogP contribution in [0.3, 0.4) is 0 Å². The molecule has 0 radical (unpaired) electrons. The molecule has 0 fully saturated rings. The molecule has 0 unspecified atom stereocenters. The summed E-state index contributed by atoms with van der Waals surface area (Å²) in [6, 6.07) is 20.3. The van der Waals surface area contributed by atoms with Crippen molar-refractivity contribution in [2.45, 2.75) is 6.54 Å². The van der Waals surface area contributed by atoms with Gasteiger partial charge in [0.1, 0.15) is 0 Å². The first-order valence-corrected chi connectivity index (χ1v) is 9.88. The highest BCUT2D eigenvalue weighted by atomic mass is 32.1. The first kappa shape index (κ1) is 16.7. The van der Waals surface area contributed by atoms with Crippen molar-refractivity contribution in [3.05, 3.63) is 89.6 Å². The number of nitrogens with zero attached hydrogens (tertiary/aromatic N) is 2. The molecule has 0 aliphatic heterocycles. The lowest BCUT2D eigenvalue weighted by molar-refractivity contribution is 0.100. The second-order valence-electron chi connectivity index (χ2n) is 6.72. The number of pyridine rings is 1. The Morgan fingerprint density at radius 3 is 2.71 bits per heavy atom. The van der Waals surface area contributed by atoms with Crippen molar-refractivity contribution in [2.75, 3.05) is 0 Å². The van der Waals surface area contributed by atoms with Crippen LogP contribution in [0.1, 0.15) is 15.9 Å². The van der Waals surface area contributed by atoms with E-state index in [4.69, 9.17) is 5.73 Å². The quantitative estimate of drug-likeness (QED) is 0.471. The summed E-state index contributed by atoms with van der Waals surface area (Å²) >= 11 is 1.72. The molecule has 0 bridgehead atoms. The van der Waals surface area contributed by atoms with Crippen LogP contribution in [0, 0.1) is 0 Å². The highest BCUT2D eigenvalue weighted by molar-refractivity contribution is 7.13. The number of thiophene rings is 1. The lowest BCUT2D eigenvalue weighted by Crippen LogP contribution is -2.11. The monoisotopic (exact) mass is 383 g/mol. The number of rotatable bonds is 4. The van der Waals surface area contributed by atoms with E-state index >= 15 is 0 Å². The topological polar surface area (TPSA) is 60.9 Å². The molecule has 5 aromatic rings. The molecule has 3 aromatic heterocycles. The molecule has 0 atom stereocenters. The van der Waals surface area contributed by atoms with Crippen LogP contribution in [0.2, 0.25) is 0 Å². The molecule has 0 spiro atoms. The van der Waals surface area contributed by atoms with E-state index in [2.05, 4.69) is 51.3 Å². The normalized spacial score (nSPS) is 11.3. The number of fused-ring (bicyclic) bond motifs is 3. The second kappa shape index (κ2) is 6.62. The molecule has 1 amide bonds. The fourth-order valence-corrected chi connectivity index (χ4v) is 4.51. The van der Waals surface area contributed by atoms with E-state index in [9.17, 15) is 4.79 Å². The Hall–Kier alpha value is -3.44. The molecule has 28 heavy (non-hydrogen) atoms. The highest BCUT2D eigenvalue weighted by Crippen LogP contribution is 2.35. The third-order valence-electron chi connectivity index (χ3n) is 5.03. The van der Waals surface area contributed by atoms with Gasteiger partial charge in [-0.25, -0.2) is 0 Å². The van der Waals surface area contributed by atoms with Crippen molar-refractivity contribution < 1.29 is 4.79 Å². The molecule has 2 aromatic carbocycles. The van der Waals surface area contributed by atoms with E-state index in [1.807, 2.05) is 24.4 Å². The minimum atomic E-state index is -0.409. The molecular weight excluding hydrogens is 366 g/mol. The van der Waals surface area contributed by atoms with Crippen molar-refractivity contribution in [1.29, 1.82) is 0 Å². The highest BCUT2D eigenvalue weighted by Gasteiger charge is 2.17. The van der Waals surface area contributed by atoms with Gasteiger partial charge >= 0.3 is 0 Å². The van der Waals surface area contributed by atoms with Gasteiger partial charge in [0.05, 0.1) is 11.0 Å².